The molecule has 2 rings (SSSR count). The van der Waals surface area contributed by atoms with Crippen LogP contribution >= 0.6 is 11.6 Å². The van der Waals surface area contributed by atoms with Gasteiger partial charge in [-0.15, -0.1) is 0 Å². The summed E-state index contributed by atoms with van der Waals surface area (Å²) < 4.78 is 4.90. The highest BCUT2D eigenvalue weighted by molar-refractivity contribution is 6.30. The number of non-ortho nitro benzene ring substituents is 1. The average molecular weight is 281 g/mol. The molecule has 7 heteroatoms. The number of fused-ring (bicyclic) bond motifs is 1. The number of rotatable bonds is 3. The highest BCUT2D eigenvalue weighted by Gasteiger charge is 2.16. The Hall–Kier alpha value is -2.21. The van der Waals surface area contributed by atoms with Crippen molar-refractivity contribution >= 4 is 34.2 Å². The Morgan fingerprint density at radius 1 is 1.47 bits per heavy atom. The van der Waals surface area contributed by atoms with Crippen molar-refractivity contribution in [1.29, 1.82) is 0 Å². The molecule has 0 atom stereocenters. The molecule has 0 bridgehead atoms. The monoisotopic (exact) mass is 280 g/mol. The average Bonchev–Trinajstić information content (AvgIpc) is 2.37. The van der Waals surface area contributed by atoms with Crippen LogP contribution in [-0.2, 0) is 4.74 Å². The zero-order chi connectivity index (χ0) is 14.0. The summed E-state index contributed by atoms with van der Waals surface area (Å²) in [4.78, 5) is 26.1. The van der Waals surface area contributed by atoms with E-state index in [9.17, 15) is 14.9 Å². The number of hydrogen-bond donors (Lipinski definition) is 0. The molecule has 0 aliphatic heterocycles. The first-order valence-corrected chi connectivity index (χ1v) is 5.82. The fourth-order valence-corrected chi connectivity index (χ4v) is 1.87. The molecule has 1 aromatic carbocycles. The van der Waals surface area contributed by atoms with Gasteiger partial charge < -0.3 is 4.74 Å². The van der Waals surface area contributed by atoms with E-state index in [4.69, 9.17) is 16.3 Å². The molecular formula is C12H9ClN2O4. The van der Waals surface area contributed by atoms with E-state index < -0.39 is 10.9 Å². The predicted octanol–water partition coefficient (Wildman–Crippen LogP) is 2.97. The number of aromatic nitrogens is 1. The molecule has 1 heterocycles. The quantitative estimate of drug-likeness (QED) is 0.373. The number of halogens is 1. The second-order valence-electron chi connectivity index (χ2n) is 3.67. The lowest BCUT2D eigenvalue weighted by atomic mass is 10.1. The number of hydrogen-bond acceptors (Lipinski definition) is 5. The molecular weight excluding hydrogens is 272 g/mol. The highest BCUT2D eigenvalue weighted by Crippen LogP contribution is 2.25. The molecule has 0 aliphatic carbocycles. The number of carbonyl (C=O) groups excluding carboxylic acids is 1. The molecule has 0 spiro atoms. The van der Waals surface area contributed by atoms with Crippen LogP contribution in [0.2, 0.25) is 5.15 Å². The third-order valence-corrected chi connectivity index (χ3v) is 2.66. The van der Waals surface area contributed by atoms with E-state index in [1.54, 1.807) is 6.92 Å². The van der Waals surface area contributed by atoms with Crippen LogP contribution in [-0.4, -0.2) is 22.5 Å². The summed E-state index contributed by atoms with van der Waals surface area (Å²) in [5.41, 5.74) is 0.448. The molecule has 0 radical (unpaired) electrons. The Labute approximate surface area is 113 Å². The first kappa shape index (κ1) is 13.2. The molecule has 1 aromatic heterocycles. The Bertz CT molecular complexity index is 672. The highest BCUT2D eigenvalue weighted by atomic mass is 35.5. The van der Waals surface area contributed by atoms with Crippen molar-refractivity contribution < 1.29 is 14.5 Å². The molecule has 0 aliphatic rings. The van der Waals surface area contributed by atoms with Crippen LogP contribution in [0.3, 0.4) is 0 Å². The Balaban J connectivity index is 2.69. The summed E-state index contributed by atoms with van der Waals surface area (Å²) in [6.07, 6.45) is 0. The fraction of sp³-hybridized carbons (Fsp3) is 0.167. The van der Waals surface area contributed by atoms with Gasteiger partial charge in [-0.3, -0.25) is 10.1 Å². The maximum atomic E-state index is 11.8. The molecule has 6 nitrogen and oxygen atoms in total. The van der Waals surface area contributed by atoms with Crippen molar-refractivity contribution in [3.63, 3.8) is 0 Å². The largest absolute Gasteiger partial charge is 0.462 e. The Morgan fingerprint density at radius 2 is 2.21 bits per heavy atom. The minimum absolute atomic E-state index is 0.123. The molecule has 0 unspecified atom stereocenters. The molecule has 0 saturated heterocycles. The van der Waals surface area contributed by atoms with Crippen LogP contribution in [0.25, 0.3) is 10.9 Å². The van der Waals surface area contributed by atoms with Gasteiger partial charge in [0.15, 0.2) is 0 Å². The lowest BCUT2D eigenvalue weighted by Crippen LogP contribution is -2.06. The number of esters is 1. The smallest absolute Gasteiger partial charge is 0.338 e. The third kappa shape index (κ3) is 2.63. The summed E-state index contributed by atoms with van der Waals surface area (Å²) in [5.74, 6) is -0.586. The molecule has 0 N–H and O–H groups in total. The summed E-state index contributed by atoms with van der Waals surface area (Å²) in [5, 5.41) is 11.2. The third-order valence-electron chi connectivity index (χ3n) is 2.47. The van der Waals surface area contributed by atoms with Crippen molar-refractivity contribution in [2.24, 2.45) is 0 Å². The van der Waals surface area contributed by atoms with Crippen LogP contribution in [0, 0.1) is 10.1 Å². The number of benzene rings is 1. The van der Waals surface area contributed by atoms with Gasteiger partial charge >= 0.3 is 5.97 Å². The van der Waals surface area contributed by atoms with E-state index in [0.29, 0.717) is 10.9 Å². The van der Waals surface area contributed by atoms with Gasteiger partial charge in [0, 0.05) is 17.5 Å². The number of ether oxygens (including phenoxy) is 1. The second-order valence-corrected chi connectivity index (χ2v) is 4.06. The van der Waals surface area contributed by atoms with E-state index in [-0.39, 0.29) is 23.0 Å². The van der Waals surface area contributed by atoms with Gasteiger partial charge in [-0.05, 0) is 19.1 Å². The maximum absolute atomic E-state index is 11.8. The summed E-state index contributed by atoms with van der Waals surface area (Å²) in [6, 6.07) is 5.37. The standard InChI is InChI=1S/C12H9ClN2O4/c1-2-19-12(16)9-6-11(13)14-10-4-3-7(15(17)18)5-8(9)10/h3-6H,2H2,1H3. The number of pyridine rings is 1. The Morgan fingerprint density at radius 3 is 2.84 bits per heavy atom. The normalized spacial score (nSPS) is 10.4. The number of nitrogens with zero attached hydrogens (tertiary/aromatic N) is 2. The summed E-state index contributed by atoms with van der Waals surface area (Å²) in [7, 11) is 0. The van der Waals surface area contributed by atoms with Crippen LogP contribution < -0.4 is 0 Å². The van der Waals surface area contributed by atoms with Gasteiger partial charge in [0.2, 0.25) is 0 Å². The second kappa shape index (κ2) is 5.19. The van der Waals surface area contributed by atoms with Crippen molar-refractivity contribution in [2.45, 2.75) is 6.92 Å². The van der Waals surface area contributed by atoms with Gasteiger partial charge in [0.1, 0.15) is 5.15 Å². The maximum Gasteiger partial charge on any atom is 0.338 e. The van der Waals surface area contributed by atoms with E-state index in [1.165, 1.54) is 24.3 Å². The molecule has 2 aromatic rings. The van der Waals surface area contributed by atoms with E-state index in [2.05, 4.69) is 4.98 Å². The SMILES string of the molecule is CCOC(=O)c1cc(Cl)nc2ccc([N+](=O)[O-])cc12. The number of nitro benzene ring substituents is 1. The van der Waals surface area contributed by atoms with Crippen molar-refractivity contribution in [2.75, 3.05) is 6.61 Å². The Kier molecular flexibility index (Phi) is 3.62. The van der Waals surface area contributed by atoms with Gasteiger partial charge in [-0.1, -0.05) is 11.6 Å². The molecule has 98 valence electrons. The minimum Gasteiger partial charge on any atom is -0.462 e. The van der Waals surface area contributed by atoms with Gasteiger partial charge in [-0.2, -0.15) is 0 Å². The first-order valence-electron chi connectivity index (χ1n) is 5.44. The first-order chi connectivity index (χ1) is 9.02. The van der Waals surface area contributed by atoms with Crippen molar-refractivity contribution in [3.05, 3.63) is 45.1 Å². The minimum atomic E-state index is -0.586. The molecule has 0 saturated carbocycles. The number of carbonyl (C=O) groups is 1. The lowest BCUT2D eigenvalue weighted by molar-refractivity contribution is -0.384. The van der Waals surface area contributed by atoms with Crippen LogP contribution in [0.5, 0.6) is 0 Å². The molecule has 19 heavy (non-hydrogen) atoms. The summed E-state index contributed by atoms with van der Waals surface area (Å²) in [6.45, 7) is 1.88. The predicted molar refractivity (Wildman–Crippen MR) is 69.4 cm³/mol. The van der Waals surface area contributed by atoms with Crippen LogP contribution in [0.1, 0.15) is 17.3 Å². The lowest BCUT2D eigenvalue weighted by Gasteiger charge is -2.06. The van der Waals surface area contributed by atoms with E-state index >= 15 is 0 Å². The van der Waals surface area contributed by atoms with Gasteiger partial charge in [0.05, 0.1) is 22.6 Å². The van der Waals surface area contributed by atoms with E-state index in [1.807, 2.05) is 0 Å². The van der Waals surface area contributed by atoms with Crippen LogP contribution in [0.4, 0.5) is 5.69 Å². The topological polar surface area (TPSA) is 82.3 Å². The zero-order valence-corrected chi connectivity index (χ0v) is 10.7. The van der Waals surface area contributed by atoms with Crippen LogP contribution in [0.15, 0.2) is 24.3 Å². The van der Waals surface area contributed by atoms with E-state index in [0.717, 1.165) is 0 Å². The molecule has 0 amide bonds. The number of nitro groups is 1. The van der Waals surface area contributed by atoms with Gasteiger partial charge in [-0.25, -0.2) is 9.78 Å². The molecule has 0 fully saturated rings. The fourth-order valence-electron chi connectivity index (χ4n) is 1.67. The van der Waals surface area contributed by atoms with Gasteiger partial charge in [0.25, 0.3) is 5.69 Å². The van der Waals surface area contributed by atoms with Crippen molar-refractivity contribution in [1.82, 2.24) is 4.98 Å². The zero-order valence-electron chi connectivity index (χ0n) is 9.92. The summed E-state index contributed by atoms with van der Waals surface area (Å²) >= 11 is 5.82. The van der Waals surface area contributed by atoms with Crippen molar-refractivity contribution in [3.8, 4) is 0 Å².